The summed E-state index contributed by atoms with van der Waals surface area (Å²) in [6.07, 6.45) is 3.39. The normalized spacial score (nSPS) is 23.0. The number of nitrogens with zero attached hydrogens (tertiary/aromatic N) is 1. The molecule has 9 heteroatoms. The Morgan fingerprint density at radius 1 is 1.23 bits per heavy atom. The number of thiocarbonyl (C=S) groups is 1. The fourth-order valence-corrected chi connectivity index (χ4v) is 4.45. The van der Waals surface area contributed by atoms with E-state index in [1.807, 2.05) is 42.5 Å². The number of hydrogen-bond acceptors (Lipinski definition) is 5. The van der Waals surface area contributed by atoms with E-state index in [0.717, 1.165) is 11.4 Å². The Labute approximate surface area is 186 Å². The molecule has 0 unspecified atom stereocenters. The Morgan fingerprint density at radius 3 is 2.84 bits per heavy atom. The molecule has 8 nitrogen and oxygen atoms in total. The average Bonchev–Trinajstić information content (AvgIpc) is 3.43. The van der Waals surface area contributed by atoms with Gasteiger partial charge in [0.05, 0.1) is 18.8 Å². The molecule has 2 amide bonds. The van der Waals surface area contributed by atoms with Gasteiger partial charge in [-0.3, -0.25) is 14.5 Å². The molecule has 0 aliphatic carbocycles. The fraction of sp³-hybridized carbons (Fsp3) is 0.409. The third-order valence-corrected chi connectivity index (χ3v) is 5.99. The van der Waals surface area contributed by atoms with Crippen LogP contribution in [0.2, 0.25) is 0 Å². The van der Waals surface area contributed by atoms with Crippen molar-refractivity contribution in [1.82, 2.24) is 20.9 Å². The van der Waals surface area contributed by atoms with Crippen LogP contribution in [0.15, 0.2) is 53.1 Å². The van der Waals surface area contributed by atoms with Crippen LogP contribution < -0.4 is 21.3 Å². The predicted octanol–water partition coefficient (Wildman–Crippen LogP) is 1.60. The van der Waals surface area contributed by atoms with Gasteiger partial charge >= 0.3 is 0 Å². The van der Waals surface area contributed by atoms with E-state index in [2.05, 4.69) is 26.2 Å². The number of carbonyl (C=O) groups is 2. The molecule has 0 saturated carbocycles. The number of piperazine rings is 1. The summed E-state index contributed by atoms with van der Waals surface area (Å²) in [4.78, 5) is 26.9. The highest BCUT2D eigenvalue weighted by atomic mass is 32.1. The lowest BCUT2D eigenvalue weighted by Gasteiger charge is -2.37. The zero-order valence-corrected chi connectivity index (χ0v) is 18.0. The van der Waals surface area contributed by atoms with Crippen molar-refractivity contribution < 1.29 is 14.0 Å². The maximum Gasteiger partial charge on any atom is 0.237 e. The first-order valence-corrected chi connectivity index (χ1v) is 10.9. The summed E-state index contributed by atoms with van der Waals surface area (Å²) in [6, 6.07) is 13.2. The van der Waals surface area contributed by atoms with E-state index in [4.69, 9.17) is 16.6 Å². The molecule has 2 aromatic rings. The number of fused-ring (bicyclic) bond motifs is 1. The number of carbonyl (C=O) groups excluding carboxylic acids is 2. The summed E-state index contributed by atoms with van der Waals surface area (Å²) in [5, 5.41) is 12.9. The first-order chi connectivity index (χ1) is 15.1. The van der Waals surface area contributed by atoms with E-state index >= 15 is 0 Å². The van der Waals surface area contributed by atoms with E-state index in [-0.39, 0.29) is 29.9 Å². The van der Waals surface area contributed by atoms with Gasteiger partial charge in [-0.15, -0.1) is 0 Å². The van der Waals surface area contributed by atoms with Gasteiger partial charge in [0.1, 0.15) is 5.76 Å². The van der Waals surface area contributed by atoms with E-state index in [9.17, 15) is 9.59 Å². The third kappa shape index (κ3) is 5.62. The molecule has 0 bridgehead atoms. The van der Waals surface area contributed by atoms with Crippen molar-refractivity contribution in [2.75, 3.05) is 18.4 Å². The standard InChI is InChI=1S/C22H27N5O3S/c28-20(25-15-5-2-1-3-6-15)9-8-17-12-23-21(29)19-11-16(14-27(17)19)26-22(31)24-13-18-7-4-10-30-18/h1-7,10,16-17,19H,8-9,11-14H2,(H,23,29)(H,25,28)(H2,24,26,31)/t16-,17+,19-/m0/s1. The number of nitrogens with one attached hydrogen (secondary N) is 4. The van der Waals surface area contributed by atoms with Crippen molar-refractivity contribution in [3.05, 3.63) is 54.5 Å². The molecule has 164 valence electrons. The molecular weight excluding hydrogens is 414 g/mol. The molecule has 1 aromatic carbocycles. The fourth-order valence-electron chi connectivity index (χ4n) is 4.21. The van der Waals surface area contributed by atoms with Gasteiger partial charge in [0.15, 0.2) is 5.11 Å². The van der Waals surface area contributed by atoms with Crippen LogP contribution >= 0.6 is 12.2 Å². The van der Waals surface area contributed by atoms with Gasteiger partial charge in [-0.2, -0.15) is 0 Å². The number of hydrogen-bond donors (Lipinski definition) is 4. The number of benzene rings is 1. The number of para-hydroxylation sites is 1. The molecule has 3 atom stereocenters. The second-order valence-corrected chi connectivity index (χ2v) is 8.31. The topological polar surface area (TPSA) is 98.6 Å². The van der Waals surface area contributed by atoms with Gasteiger partial charge in [-0.1, -0.05) is 18.2 Å². The number of furan rings is 1. The average molecular weight is 442 g/mol. The lowest BCUT2D eigenvalue weighted by Crippen LogP contribution is -2.58. The van der Waals surface area contributed by atoms with E-state index in [1.165, 1.54) is 0 Å². The molecule has 2 aliphatic rings. The zero-order valence-electron chi connectivity index (χ0n) is 17.2. The molecule has 0 radical (unpaired) electrons. The Morgan fingerprint density at radius 2 is 2.06 bits per heavy atom. The lowest BCUT2D eigenvalue weighted by atomic mass is 10.0. The van der Waals surface area contributed by atoms with E-state index < -0.39 is 0 Å². The minimum absolute atomic E-state index is 0.0168. The summed E-state index contributed by atoms with van der Waals surface area (Å²) in [5.74, 6) is 0.835. The predicted molar refractivity (Wildman–Crippen MR) is 121 cm³/mol. The van der Waals surface area contributed by atoms with Crippen molar-refractivity contribution in [1.29, 1.82) is 0 Å². The van der Waals surface area contributed by atoms with Crippen molar-refractivity contribution in [2.24, 2.45) is 0 Å². The van der Waals surface area contributed by atoms with Gasteiger partial charge in [0, 0.05) is 37.3 Å². The monoisotopic (exact) mass is 441 g/mol. The second-order valence-electron chi connectivity index (χ2n) is 7.90. The number of anilines is 1. The van der Waals surface area contributed by atoms with Gasteiger partial charge in [-0.05, 0) is 49.3 Å². The van der Waals surface area contributed by atoms with Crippen LogP contribution in [-0.2, 0) is 16.1 Å². The zero-order chi connectivity index (χ0) is 21.6. The van der Waals surface area contributed by atoms with Gasteiger partial charge in [0.25, 0.3) is 0 Å². The van der Waals surface area contributed by atoms with Crippen molar-refractivity contribution >= 4 is 34.8 Å². The minimum Gasteiger partial charge on any atom is -0.467 e. The van der Waals surface area contributed by atoms with Crippen LogP contribution in [0.3, 0.4) is 0 Å². The summed E-state index contributed by atoms with van der Waals surface area (Å²) in [7, 11) is 0. The Balaban J connectivity index is 1.26. The van der Waals surface area contributed by atoms with Crippen LogP contribution in [0.5, 0.6) is 0 Å². The molecule has 4 N–H and O–H groups in total. The maximum absolute atomic E-state index is 12.4. The number of rotatable bonds is 7. The molecule has 3 heterocycles. The molecule has 2 saturated heterocycles. The first-order valence-electron chi connectivity index (χ1n) is 10.5. The highest BCUT2D eigenvalue weighted by Crippen LogP contribution is 2.26. The van der Waals surface area contributed by atoms with Crippen molar-refractivity contribution in [3.8, 4) is 0 Å². The summed E-state index contributed by atoms with van der Waals surface area (Å²) in [5.41, 5.74) is 0.795. The van der Waals surface area contributed by atoms with Crippen molar-refractivity contribution in [3.63, 3.8) is 0 Å². The molecule has 0 spiro atoms. The van der Waals surface area contributed by atoms with Crippen LogP contribution in [0.1, 0.15) is 25.0 Å². The molecule has 2 aliphatic heterocycles. The molecule has 1 aromatic heterocycles. The highest BCUT2D eigenvalue weighted by molar-refractivity contribution is 7.80. The molecule has 31 heavy (non-hydrogen) atoms. The smallest absolute Gasteiger partial charge is 0.237 e. The molecular formula is C22H27N5O3S. The van der Waals surface area contributed by atoms with Crippen molar-refractivity contribution in [2.45, 2.75) is 43.9 Å². The van der Waals surface area contributed by atoms with Crippen LogP contribution in [0.25, 0.3) is 0 Å². The van der Waals surface area contributed by atoms with Crippen LogP contribution in [-0.4, -0.2) is 53.0 Å². The van der Waals surface area contributed by atoms with E-state index in [0.29, 0.717) is 44.0 Å². The Kier molecular flexibility index (Phi) is 6.83. The Hall–Kier alpha value is -2.91. The summed E-state index contributed by atoms with van der Waals surface area (Å²) in [6.45, 7) is 1.78. The van der Waals surface area contributed by atoms with Gasteiger partial charge in [-0.25, -0.2) is 0 Å². The van der Waals surface area contributed by atoms with Crippen LogP contribution in [0.4, 0.5) is 5.69 Å². The summed E-state index contributed by atoms with van der Waals surface area (Å²) >= 11 is 5.40. The highest BCUT2D eigenvalue weighted by Gasteiger charge is 2.43. The summed E-state index contributed by atoms with van der Waals surface area (Å²) < 4.78 is 5.30. The van der Waals surface area contributed by atoms with Gasteiger partial charge < -0.3 is 25.7 Å². The largest absolute Gasteiger partial charge is 0.467 e. The quantitative estimate of drug-likeness (QED) is 0.485. The minimum atomic E-state index is -0.193. The SMILES string of the molecule is O=C(CC[C@@H]1CNC(=O)[C@@H]2C[C@H](NC(=S)NCc3ccco3)CN12)Nc1ccccc1. The number of amides is 2. The third-order valence-electron chi connectivity index (χ3n) is 5.72. The van der Waals surface area contributed by atoms with Crippen LogP contribution in [0, 0.1) is 0 Å². The Bertz CT molecular complexity index is 905. The second kappa shape index (κ2) is 9.93. The van der Waals surface area contributed by atoms with Gasteiger partial charge in [0.2, 0.25) is 11.8 Å². The maximum atomic E-state index is 12.4. The molecule has 2 fully saturated rings. The van der Waals surface area contributed by atoms with E-state index in [1.54, 1.807) is 6.26 Å². The lowest BCUT2D eigenvalue weighted by molar-refractivity contribution is -0.129. The molecule has 4 rings (SSSR count). The first kappa shape index (κ1) is 21.3.